The van der Waals surface area contributed by atoms with Crippen molar-refractivity contribution in [1.82, 2.24) is 4.72 Å². The number of ether oxygens (including phenoxy) is 2. The lowest BCUT2D eigenvalue weighted by atomic mass is 10.0. The quantitative estimate of drug-likeness (QED) is 0.779. The number of benzene rings is 1. The van der Waals surface area contributed by atoms with E-state index in [1.54, 1.807) is 18.2 Å². The van der Waals surface area contributed by atoms with E-state index < -0.39 is 10.0 Å². The molecular weight excluding hydrogens is 326 g/mol. The molecule has 0 amide bonds. The van der Waals surface area contributed by atoms with Gasteiger partial charge in [0.05, 0.1) is 30.3 Å². The summed E-state index contributed by atoms with van der Waals surface area (Å²) in [7, 11) is -3.46. The summed E-state index contributed by atoms with van der Waals surface area (Å²) in [5.74, 6) is 0.821. The molecule has 6 heteroatoms. The molecule has 1 N–H and O–H groups in total. The molecule has 1 aliphatic heterocycles. The van der Waals surface area contributed by atoms with Gasteiger partial charge in [-0.2, -0.15) is 0 Å². The normalized spacial score (nSPS) is 24.6. The van der Waals surface area contributed by atoms with Crippen LogP contribution in [0.1, 0.15) is 39.7 Å². The van der Waals surface area contributed by atoms with E-state index in [-0.39, 0.29) is 23.0 Å². The minimum atomic E-state index is -3.46. The highest BCUT2D eigenvalue weighted by Crippen LogP contribution is 2.26. The van der Waals surface area contributed by atoms with E-state index in [1.807, 2.05) is 19.9 Å². The van der Waals surface area contributed by atoms with Crippen LogP contribution in [0.3, 0.4) is 0 Å². The van der Waals surface area contributed by atoms with E-state index in [1.165, 1.54) is 0 Å². The highest BCUT2D eigenvalue weighted by molar-refractivity contribution is 7.89. The summed E-state index contributed by atoms with van der Waals surface area (Å²) in [6, 6.07) is 6.90. The molecule has 1 aliphatic rings. The lowest BCUT2D eigenvalue weighted by Crippen LogP contribution is -2.27. The number of rotatable bonds is 8. The molecule has 1 aromatic carbocycles. The average Bonchev–Trinajstić information content (AvgIpc) is 2.84. The van der Waals surface area contributed by atoms with Crippen LogP contribution in [-0.2, 0) is 26.1 Å². The van der Waals surface area contributed by atoms with Gasteiger partial charge in [0, 0.05) is 6.54 Å². The Morgan fingerprint density at radius 3 is 2.71 bits per heavy atom. The van der Waals surface area contributed by atoms with Gasteiger partial charge in [0.15, 0.2) is 0 Å². The zero-order chi connectivity index (χ0) is 17.7. The molecule has 136 valence electrons. The first kappa shape index (κ1) is 19.4. The zero-order valence-corrected chi connectivity index (χ0v) is 15.8. The second-order valence-corrected chi connectivity index (χ2v) is 8.85. The number of hydrogen-bond acceptors (Lipinski definition) is 4. The lowest BCUT2D eigenvalue weighted by Gasteiger charge is -2.13. The van der Waals surface area contributed by atoms with Gasteiger partial charge in [0.2, 0.25) is 10.0 Å². The molecule has 1 fully saturated rings. The Morgan fingerprint density at radius 2 is 2.08 bits per heavy atom. The first-order valence-corrected chi connectivity index (χ1v) is 10.1. The van der Waals surface area contributed by atoms with Gasteiger partial charge in [0.1, 0.15) is 0 Å². The molecule has 1 saturated heterocycles. The van der Waals surface area contributed by atoms with Crippen molar-refractivity contribution in [3.8, 4) is 0 Å². The van der Waals surface area contributed by atoms with Crippen LogP contribution in [-0.4, -0.2) is 33.8 Å². The van der Waals surface area contributed by atoms with Gasteiger partial charge >= 0.3 is 0 Å². The van der Waals surface area contributed by atoms with Gasteiger partial charge < -0.3 is 9.47 Å². The monoisotopic (exact) mass is 355 g/mol. The van der Waals surface area contributed by atoms with E-state index in [4.69, 9.17) is 9.47 Å². The minimum absolute atomic E-state index is 0.134. The van der Waals surface area contributed by atoms with Crippen LogP contribution < -0.4 is 4.72 Å². The lowest BCUT2D eigenvalue weighted by molar-refractivity contribution is -0.0168. The molecule has 0 aliphatic carbocycles. The predicted molar refractivity (Wildman–Crippen MR) is 94.2 cm³/mol. The number of sulfonamides is 1. The van der Waals surface area contributed by atoms with Crippen LogP contribution in [0.5, 0.6) is 0 Å². The van der Waals surface area contributed by atoms with E-state index in [2.05, 4.69) is 18.6 Å². The highest BCUT2D eigenvalue weighted by Gasteiger charge is 2.28. The largest absolute Gasteiger partial charge is 0.374 e. The summed E-state index contributed by atoms with van der Waals surface area (Å²) >= 11 is 0. The first-order chi connectivity index (χ1) is 11.3. The third-order valence-corrected chi connectivity index (χ3v) is 5.73. The first-order valence-electron chi connectivity index (χ1n) is 8.59. The maximum atomic E-state index is 12.3. The maximum Gasteiger partial charge on any atom is 0.240 e. The van der Waals surface area contributed by atoms with Crippen molar-refractivity contribution in [2.45, 2.75) is 57.8 Å². The number of nitrogens with one attached hydrogen (secondary N) is 1. The van der Waals surface area contributed by atoms with Crippen molar-refractivity contribution in [3.05, 3.63) is 29.8 Å². The Hall–Kier alpha value is -0.950. The Bertz CT molecular complexity index is 620. The molecule has 1 heterocycles. The van der Waals surface area contributed by atoms with Crippen LogP contribution in [0, 0.1) is 11.8 Å². The third kappa shape index (κ3) is 5.55. The fourth-order valence-electron chi connectivity index (χ4n) is 2.68. The Balaban J connectivity index is 1.88. The van der Waals surface area contributed by atoms with Crippen molar-refractivity contribution in [2.24, 2.45) is 11.8 Å². The van der Waals surface area contributed by atoms with E-state index >= 15 is 0 Å². The maximum absolute atomic E-state index is 12.3. The Morgan fingerprint density at radius 1 is 1.33 bits per heavy atom. The minimum Gasteiger partial charge on any atom is -0.374 e. The van der Waals surface area contributed by atoms with Crippen LogP contribution >= 0.6 is 0 Å². The fraction of sp³-hybridized carbons (Fsp3) is 0.667. The van der Waals surface area contributed by atoms with Crippen LogP contribution in [0.4, 0.5) is 0 Å². The molecule has 0 radical (unpaired) electrons. The third-order valence-electron chi connectivity index (χ3n) is 4.31. The summed E-state index contributed by atoms with van der Waals surface area (Å²) in [6.45, 7) is 9.57. The topological polar surface area (TPSA) is 64.6 Å². The molecule has 0 spiro atoms. The van der Waals surface area contributed by atoms with Crippen LogP contribution in [0.15, 0.2) is 29.2 Å². The average molecular weight is 356 g/mol. The predicted octanol–water partition coefficient (Wildman–Crippen LogP) is 2.95. The molecular formula is C18H29NO4S. The SMILES string of the molecule is CC(C)CNS(=O)(=O)c1cccc(COCC2C[C@@H](C)[C@H](C)O2)c1. The molecule has 0 aromatic heterocycles. The van der Waals surface area contributed by atoms with Crippen LogP contribution in [0.2, 0.25) is 0 Å². The molecule has 5 nitrogen and oxygen atoms in total. The van der Waals surface area contributed by atoms with Crippen molar-refractivity contribution >= 4 is 10.0 Å². The summed E-state index contributed by atoms with van der Waals surface area (Å²) in [5, 5.41) is 0. The van der Waals surface area contributed by atoms with Crippen molar-refractivity contribution in [2.75, 3.05) is 13.2 Å². The van der Waals surface area contributed by atoms with Crippen molar-refractivity contribution < 1.29 is 17.9 Å². The van der Waals surface area contributed by atoms with Crippen molar-refractivity contribution in [3.63, 3.8) is 0 Å². The van der Waals surface area contributed by atoms with E-state index in [9.17, 15) is 8.42 Å². The summed E-state index contributed by atoms with van der Waals surface area (Å²) in [5.41, 5.74) is 0.849. The van der Waals surface area contributed by atoms with Gasteiger partial charge in [-0.3, -0.25) is 0 Å². The Labute approximate surface area is 145 Å². The van der Waals surface area contributed by atoms with Gasteiger partial charge in [-0.05, 0) is 42.9 Å². The van der Waals surface area contributed by atoms with Crippen LogP contribution in [0.25, 0.3) is 0 Å². The van der Waals surface area contributed by atoms with E-state index in [0.717, 1.165) is 12.0 Å². The zero-order valence-electron chi connectivity index (χ0n) is 15.0. The summed E-state index contributed by atoms with van der Waals surface area (Å²) in [6.07, 6.45) is 1.42. The van der Waals surface area contributed by atoms with Gasteiger partial charge in [-0.15, -0.1) is 0 Å². The van der Waals surface area contributed by atoms with Gasteiger partial charge in [-0.1, -0.05) is 32.9 Å². The van der Waals surface area contributed by atoms with E-state index in [0.29, 0.717) is 25.7 Å². The fourth-order valence-corrected chi connectivity index (χ4v) is 3.96. The molecule has 0 bridgehead atoms. The number of hydrogen-bond donors (Lipinski definition) is 1. The molecule has 24 heavy (non-hydrogen) atoms. The highest BCUT2D eigenvalue weighted by atomic mass is 32.2. The molecule has 2 rings (SSSR count). The molecule has 3 atom stereocenters. The van der Waals surface area contributed by atoms with Gasteiger partial charge in [-0.25, -0.2) is 13.1 Å². The van der Waals surface area contributed by atoms with Gasteiger partial charge in [0.25, 0.3) is 0 Å². The van der Waals surface area contributed by atoms with Crippen molar-refractivity contribution in [1.29, 1.82) is 0 Å². The summed E-state index contributed by atoms with van der Waals surface area (Å²) in [4.78, 5) is 0.281. The smallest absolute Gasteiger partial charge is 0.240 e. The standard InChI is InChI=1S/C18H29NO4S/c1-13(2)10-19-24(20,21)18-7-5-6-16(9-18)11-22-12-17-8-14(3)15(4)23-17/h5-7,9,13-15,17,19H,8,10-12H2,1-4H3/t14-,15+,17?/m1/s1. The second-order valence-electron chi connectivity index (χ2n) is 7.08. The molecule has 1 unspecified atom stereocenters. The summed E-state index contributed by atoms with van der Waals surface area (Å²) < 4.78 is 38.7. The second kappa shape index (κ2) is 8.43. The Kier molecular flexibility index (Phi) is 6.80. The molecule has 1 aromatic rings. The molecule has 0 saturated carbocycles.